The van der Waals surface area contributed by atoms with Crippen molar-refractivity contribution in [1.29, 1.82) is 0 Å². The molecule has 0 aliphatic rings. The number of hydrogen-bond acceptors (Lipinski definition) is 2. The quantitative estimate of drug-likeness (QED) is 0.714. The number of carbonyl (C=O) groups is 1. The van der Waals surface area contributed by atoms with Crippen molar-refractivity contribution in [1.82, 2.24) is 15.3 Å². The highest BCUT2D eigenvalue weighted by atomic mass is 16.1. The van der Waals surface area contributed by atoms with E-state index in [2.05, 4.69) is 35.2 Å². The van der Waals surface area contributed by atoms with Crippen LogP contribution in [0.15, 0.2) is 54.9 Å². The summed E-state index contributed by atoms with van der Waals surface area (Å²) in [5.74, 6) is 0.606. The third-order valence-corrected chi connectivity index (χ3v) is 4.16. The molecular weight excluding hydrogens is 298 g/mol. The standard InChI is InChI=1S/C20H23N3O/c1-14(2)8-11-19(24)23-20(15-6-4-3-5-7-15)16-9-10-17-18(12-16)22-13-21-17/h3-7,9-10,12-14,20H,8,11H2,1-2H3,(H,21,22)(H,23,24)/t20-/m1/s1. The number of fused-ring (bicyclic) bond motifs is 1. The van der Waals surface area contributed by atoms with Gasteiger partial charge in [-0.1, -0.05) is 50.2 Å². The molecule has 0 spiro atoms. The molecule has 0 fully saturated rings. The van der Waals surface area contributed by atoms with Gasteiger partial charge in [0.1, 0.15) is 0 Å². The van der Waals surface area contributed by atoms with Crippen LogP contribution in [0.1, 0.15) is 43.9 Å². The number of hydrogen-bond donors (Lipinski definition) is 2. The van der Waals surface area contributed by atoms with E-state index < -0.39 is 0 Å². The summed E-state index contributed by atoms with van der Waals surface area (Å²) >= 11 is 0. The molecule has 0 unspecified atom stereocenters. The Hall–Kier alpha value is -2.62. The maximum atomic E-state index is 12.4. The fourth-order valence-corrected chi connectivity index (χ4v) is 2.79. The van der Waals surface area contributed by atoms with Crippen LogP contribution in [-0.4, -0.2) is 15.9 Å². The zero-order valence-corrected chi connectivity index (χ0v) is 14.1. The molecule has 0 bridgehead atoms. The normalized spacial score (nSPS) is 12.5. The summed E-state index contributed by atoms with van der Waals surface area (Å²) in [4.78, 5) is 19.8. The zero-order valence-electron chi connectivity index (χ0n) is 14.1. The predicted molar refractivity (Wildman–Crippen MR) is 96.6 cm³/mol. The fourth-order valence-electron chi connectivity index (χ4n) is 2.79. The van der Waals surface area contributed by atoms with E-state index in [1.165, 1.54) is 0 Å². The van der Waals surface area contributed by atoms with Gasteiger partial charge in [-0.05, 0) is 35.6 Å². The fraction of sp³-hybridized carbons (Fsp3) is 0.300. The number of nitrogens with zero attached hydrogens (tertiary/aromatic N) is 1. The Balaban J connectivity index is 1.88. The molecule has 0 aliphatic carbocycles. The van der Waals surface area contributed by atoms with Gasteiger partial charge < -0.3 is 10.3 Å². The summed E-state index contributed by atoms with van der Waals surface area (Å²) in [6, 6.07) is 16.0. The van der Waals surface area contributed by atoms with Crippen LogP contribution in [0.4, 0.5) is 0 Å². The van der Waals surface area contributed by atoms with Crippen molar-refractivity contribution in [3.8, 4) is 0 Å². The number of amides is 1. The smallest absolute Gasteiger partial charge is 0.220 e. The molecule has 0 aliphatic heterocycles. The van der Waals surface area contributed by atoms with E-state index >= 15 is 0 Å². The largest absolute Gasteiger partial charge is 0.345 e. The SMILES string of the molecule is CC(C)CCC(=O)N[C@H](c1ccccc1)c1ccc2nc[nH]c2c1. The van der Waals surface area contributed by atoms with Gasteiger partial charge in [0.25, 0.3) is 0 Å². The van der Waals surface area contributed by atoms with E-state index in [4.69, 9.17) is 0 Å². The van der Waals surface area contributed by atoms with E-state index in [0.29, 0.717) is 12.3 Å². The third-order valence-electron chi connectivity index (χ3n) is 4.16. The Morgan fingerprint density at radius 2 is 1.92 bits per heavy atom. The molecule has 0 radical (unpaired) electrons. The Bertz CT molecular complexity index is 808. The van der Waals surface area contributed by atoms with Crippen molar-refractivity contribution in [3.05, 3.63) is 66.0 Å². The number of benzene rings is 2. The summed E-state index contributed by atoms with van der Waals surface area (Å²) in [7, 11) is 0. The van der Waals surface area contributed by atoms with Gasteiger partial charge >= 0.3 is 0 Å². The van der Waals surface area contributed by atoms with Crippen molar-refractivity contribution in [2.45, 2.75) is 32.7 Å². The van der Waals surface area contributed by atoms with Gasteiger partial charge in [-0.15, -0.1) is 0 Å². The van der Waals surface area contributed by atoms with Gasteiger partial charge in [-0.3, -0.25) is 4.79 Å². The molecule has 1 amide bonds. The topological polar surface area (TPSA) is 57.8 Å². The van der Waals surface area contributed by atoms with Gasteiger partial charge in [-0.2, -0.15) is 0 Å². The number of aromatic nitrogens is 2. The minimum Gasteiger partial charge on any atom is -0.345 e. The lowest BCUT2D eigenvalue weighted by Gasteiger charge is -2.20. The van der Waals surface area contributed by atoms with E-state index in [1.807, 2.05) is 42.5 Å². The second-order valence-electron chi connectivity index (χ2n) is 6.52. The zero-order chi connectivity index (χ0) is 16.9. The molecule has 0 saturated carbocycles. The number of H-pyrrole nitrogens is 1. The maximum absolute atomic E-state index is 12.4. The minimum absolute atomic E-state index is 0.0854. The molecule has 0 saturated heterocycles. The molecule has 24 heavy (non-hydrogen) atoms. The molecule has 3 rings (SSSR count). The first-order valence-electron chi connectivity index (χ1n) is 8.41. The van der Waals surface area contributed by atoms with Crippen molar-refractivity contribution < 1.29 is 4.79 Å². The number of imidazole rings is 1. The van der Waals surface area contributed by atoms with Crippen molar-refractivity contribution in [2.24, 2.45) is 5.92 Å². The van der Waals surface area contributed by atoms with Crippen LogP contribution >= 0.6 is 0 Å². The van der Waals surface area contributed by atoms with E-state index in [1.54, 1.807) is 6.33 Å². The molecular formula is C20H23N3O. The molecule has 3 aromatic rings. The maximum Gasteiger partial charge on any atom is 0.220 e. The van der Waals surface area contributed by atoms with Crippen LogP contribution < -0.4 is 5.32 Å². The first kappa shape index (κ1) is 16.2. The molecule has 1 aromatic heterocycles. The summed E-state index contributed by atoms with van der Waals surface area (Å²) in [5, 5.41) is 3.19. The number of rotatable bonds is 6. The van der Waals surface area contributed by atoms with Crippen LogP contribution in [0.25, 0.3) is 11.0 Å². The van der Waals surface area contributed by atoms with Crippen LogP contribution in [0.5, 0.6) is 0 Å². The van der Waals surface area contributed by atoms with Gasteiger partial charge in [0.05, 0.1) is 23.4 Å². The highest BCUT2D eigenvalue weighted by molar-refractivity contribution is 5.78. The molecule has 2 aromatic carbocycles. The average molecular weight is 321 g/mol. The van der Waals surface area contributed by atoms with Gasteiger partial charge in [-0.25, -0.2) is 4.98 Å². The lowest BCUT2D eigenvalue weighted by molar-refractivity contribution is -0.121. The summed E-state index contributed by atoms with van der Waals surface area (Å²) < 4.78 is 0. The van der Waals surface area contributed by atoms with E-state index in [0.717, 1.165) is 28.6 Å². The van der Waals surface area contributed by atoms with Crippen molar-refractivity contribution >= 4 is 16.9 Å². The Kier molecular flexibility index (Phi) is 4.94. The lowest BCUT2D eigenvalue weighted by atomic mass is 9.97. The van der Waals surface area contributed by atoms with E-state index in [9.17, 15) is 4.79 Å². The lowest BCUT2D eigenvalue weighted by Crippen LogP contribution is -2.29. The summed E-state index contributed by atoms with van der Waals surface area (Å²) in [6.45, 7) is 4.27. The van der Waals surface area contributed by atoms with Crippen LogP contribution in [0, 0.1) is 5.92 Å². The molecule has 2 N–H and O–H groups in total. The molecule has 124 valence electrons. The van der Waals surface area contributed by atoms with Gasteiger partial charge in [0, 0.05) is 6.42 Å². The van der Waals surface area contributed by atoms with Gasteiger partial charge in [0.15, 0.2) is 0 Å². The Labute approximate surface area is 142 Å². The third kappa shape index (κ3) is 3.82. The molecule has 4 heteroatoms. The van der Waals surface area contributed by atoms with Crippen LogP contribution in [0.3, 0.4) is 0 Å². The molecule has 1 atom stereocenters. The predicted octanol–water partition coefficient (Wildman–Crippen LogP) is 4.20. The summed E-state index contributed by atoms with van der Waals surface area (Å²) in [6.07, 6.45) is 3.13. The summed E-state index contributed by atoms with van der Waals surface area (Å²) in [5.41, 5.74) is 4.03. The number of aromatic amines is 1. The molecule has 4 nitrogen and oxygen atoms in total. The van der Waals surface area contributed by atoms with Crippen molar-refractivity contribution in [3.63, 3.8) is 0 Å². The Morgan fingerprint density at radius 3 is 2.67 bits per heavy atom. The van der Waals surface area contributed by atoms with E-state index in [-0.39, 0.29) is 11.9 Å². The van der Waals surface area contributed by atoms with Crippen LogP contribution in [-0.2, 0) is 4.79 Å². The Morgan fingerprint density at radius 1 is 1.12 bits per heavy atom. The average Bonchev–Trinajstić information content (AvgIpc) is 3.06. The second-order valence-corrected chi connectivity index (χ2v) is 6.52. The minimum atomic E-state index is -0.154. The number of nitrogens with one attached hydrogen (secondary N) is 2. The van der Waals surface area contributed by atoms with Crippen LogP contribution in [0.2, 0.25) is 0 Å². The van der Waals surface area contributed by atoms with Crippen molar-refractivity contribution in [2.75, 3.05) is 0 Å². The highest BCUT2D eigenvalue weighted by Gasteiger charge is 2.17. The first-order valence-corrected chi connectivity index (χ1v) is 8.41. The number of carbonyl (C=O) groups excluding carboxylic acids is 1. The monoisotopic (exact) mass is 321 g/mol. The first-order chi connectivity index (χ1) is 11.6. The second kappa shape index (κ2) is 7.30. The highest BCUT2D eigenvalue weighted by Crippen LogP contribution is 2.25. The van der Waals surface area contributed by atoms with Gasteiger partial charge in [0.2, 0.25) is 5.91 Å². The molecule has 1 heterocycles.